The molecular weight excluding hydrogens is 358 g/mol. The van der Waals surface area contributed by atoms with Gasteiger partial charge in [0, 0.05) is 13.5 Å². The summed E-state index contributed by atoms with van der Waals surface area (Å²) in [5.74, 6) is -0.500. The molecule has 0 radical (unpaired) electrons. The monoisotopic (exact) mass is 377 g/mol. The third-order valence-electron chi connectivity index (χ3n) is 4.93. The van der Waals surface area contributed by atoms with Crippen LogP contribution in [0.2, 0.25) is 0 Å². The highest BCUT2D eigenvalue weighted by Gasteiger charge is 2.44. The van der Waals surface area contributed by atoms with Gasteiger partial charge >= 0.3 is 5.97 Å². The zero-order chi connectivity index (χ0) is 19.9. The number of para-hydroxylation sites is 1. The minimum absolute atomic E-state index is 0.0910. The number of ether oxygens (including phenoxy) is 1. The summed E-state index contributed by atoms with van der Waals surface area (Å²) in [4.78, 5) is 46.1. The Balaban J connectivity index is 1.59. The minimum Gasteiger partial charge on any atom is -0.445 e. The van der Waals surface area contributed by atoms with Crippen LogP contribution in [0.4, 0.5) is 0 Å². The number of hydrogen-bond donors (Lipinski definition) is 1. The van der Waals surface area contributed by atoms with Crippen molar-refractivity contribution in [1.82, 2.24) is 14.9 Å². The van der Waals surface area contributed by atoms with Crippen molar-refractivity contribution >= 4 is 22.8 Å². The van der Waals surface area contributed by atoms with Crippen LogP contribution >= 0.6 is 0 Å². The molecule has 4 rings (SSSR count). The molecule has 1 aromatic heterocycles. The number of esters is 1. The van der Waals surface area contributed by atoms with Gasteiger partial charge in [0.25, 0.3) is 11.5 Å². The van der Waals surface area contributed by atoms with E-state index in [9.17, 15) is 14.4 Å². The van der Waals surface area contributed by atoms with Crippen molar-refractivity contribution in [2.75, 3.05) is 7.05 Å². The predicted octanol–water partition coefficient (Wildman–Crippen LogP) is 2.05. The fourth-order valence-electron chi connectivity index (χ4n) is 3.56. The van der Waals surface area contributed by atoms with Gasteiger partial charge in [0.15, 0.2) is 5.60 Å². The van der Waals surface area contributed by atoms with Crippen LogP contribution in [0.3, 0.4) is 0 Å². The maximum atomic E-state index is 13.1. The zero-order valence-corrected chi connectivity index (χ0v) is 15.6. The van der Waals surface area contributed by atoms with E-state index >= 15 is 0 Å². The normalized spacial score (nSPS) is 18.4. The van der Waals surface area contributed by atoms with Crippen molar-refractivity contribution < 1.29 is 14.3 Å². The highest BCUT2D eigenvalue weighted by atomic mass is 16.6. The van der Waals surface area contributed by atoms with E-state index in [1.165, 1.54) is 4.90 Å². The highest BCUT2D eigenvalue weighted by Crippen LogP contribution is 2.29. The number of rotatable bonds is 3. The fraction of sp³-hybridized carbons (Fsp3) is 0.238. The Kier molecular flexibility index (Phi) is 4.22. The predicted molar refractivity (Wildman–Crippen MR) is 103 cm³/mol. The summed E-state index contributed by atoms with van der Waals surface area (Å²) in [6.45, 7) is 1.70. The number of H-pyrrole nitrogens is 1. The first-order chi connectivity index (χ1) is 13.4. The lowest BCUT2D eigenvalue weighted by atomic mass is 9.89. The van der Waals surface area contributed by atoms with Crippen LogP contribution in [-0.4, -0.2) is 39.4 Å². The Hall–Kier alpha value is -3.48. The average molecular weight is 377 g/mol. The molecule has 0 aliphatic carbocycles. The van der Waals surface area contributed by atoms with Crippen molar-refractivity contribution in [3.63, 3.8) is 0 Å². The van der Waals surface area contributed by atoms with Crippen molar-refractivity contribution in [2.45, 2.75) is 25.5 Å². The number of fused-ring (bicyclic) bond motifs is 2. The Labute approximate surface area is 161 Å². The van der Waals surface area contributed by atoms with Crippen LogP contribution in [0.15, 0.2) is 53.3 Å². The summed E-state index contributed by atoms with van der Waals surface area (Å²) >= 11 is 0. The smallest absolute Gasteiger partial charge is 0.339 e. The molecule has 0 spiro atoms. The topological polar surface area (TPSA) is 92.4 Å². The number of nitrogens with one attached hydrogen (secondary N) is 1. The maximum Gasteiger partial charge on any atom is 0.339 e. The molecule has 142 valence electrons. The summed E-state index contributed by atoms with van der Waals surface area (Å²) in [5.41, 5.74) is 0.255. The summed E-state index contributed by atoms with van der Waals surface area (Å²) in [6, 6.07) is 14.1. The second-order valence-corrected chi connectivity index (χ2v) is 7.15. The van der Waals surface area contributed by atoms with E-state index in [0.717, 1.165) is 5.56 Å². The molecule has 3 aromatic rings. The van der Waals surface area contributed by atoms with Crippen LogP contribution < -0.4 is 5.56 Å². The SMILES string of the molecule is CN(Cc1nc2ccccc2c(=O)[nH]1)C(=O)C1(C)Cc2ccccc2C(=O)O1. The van der Waals surface area contributed by atoms with Crippen LogP contribution in [0.1, 0.15) is 28.7 Å². The third-order valence-corrected chi connectivity index (χ3v) is 4.93. The molecule has 0 saturated heterocycles. The number of nitrogens with zero attached hydrogens (tertiary/aromatic N) is 2. The molecule has 0 bridgehead atoms. The van der Waals surface area contributed by atoms with Gasteiger partial charge in [-0.2, -0.15) is 0 Å². The quantitative estimate of drug-likeness (QED) is 0.706. The zero-order valence-electron chi connectivity index (χ0n) is 15.6. The van der Waals surface area contributed by atoms with E-state index in [4.69, 9.17) is 4.74 Å². The molecule has 0 fully saturated rings. The molecule has 1 aliphatic rings. The van der Waals surface area contributed by atoms with E-state index in [-0.39, 0.29) is 18.0 Å². The molecule has 1 amide bonds. The molecule has 2 aromatic carbocycles. The number of amides is 1. The number of carbonyl (C=O) groups excluding carboxylic acids is 2. The number of aromatic nitrogens is 2. The summed E-state index contributed by atoms with van der Waals surface area (Å²) in [6.07, 6.45) is 0.291. The van der Waals surface area contributed by atoms with Gasteiger partial charge in [0.05, 0.1) is 23.0 Å². The third kappa shape index (κ3) is 3.05. The number of carbonyl (C=O) groups is 2. The number of cyclic esters (lactones) is 1. The molecule has 7 nitrogen and oxygen atoms in total. The van der Waals surface area contributed by atoms with Gasteiger partial charge in [-0.3, -0.25) is 9.59 Å². The van der Waals surface area contributed by atoms with Gasteiger partial charge in [-0.25, -0.2) is 9.78 Å². The average Bonchev–Trinajstić information content (AvgIpc) is 2.67. The first kappa shape index (κ1) is 17.9. The van der Waals surface area contributed by atoms with Crippen molar-refractivity contribution in [3.05, 3.63) is 75.8 Å². The lowest BCUT2D eigenvalue weighted by Crippen LogP contribution is -2.52. The largest absolute Gasteiger partial charge is 0.445 e. The number of aromatic amines is 1. The van der Waals surface area contributed by atoms with Crippen LogP contribution in [0.25, 0.3) is 10.9 Å². The van der Waals surface area contributed by atoms with Crippen LogP contribution in [-0.2, 0) is 22.5 Å². The van der Waals surface area contributed by atoms with E-state index in [0.29, 0.717) is 28.7 Å². The van der Waals surface area contributed by atoms with Crippen molar-refractivity contribution in [2.24, 2.45) is 0 Å². The molecule has 1 aliphatic heterocycles. The number of hydrogen-bond acceptors (Lipinski definition) is 5. The van der Waals surface area contributed by atoms with Gasteiger partial charge < -0.3 is 14.6 Å². The molecule has 0 saturated carbocycles. The number of likely N-dealkylation sites (N-methyl/N-ethyl adjacent to an activating group) is 1. The Bertz CT molecular complexity index is 1150. The molecule has 7 heteroatoms. The summed E-state index contributed by atoms with van der Waals surface area (Å²) < 4.78 is 5.49. The van der Waals surface area contributed by atoms with Gasteiger partial charge in [0.2, 0.25) is 0 Å². The van der Waals surface area contributed by atoms with Crippen molar-refractivity contribution in [3.8, 4) is 0 Å². The summed E-state index contributed by atoms with van der Waals surface area (Å²) in [5, 5.41) is 0.491. The molecule has 2 heterocycles. The number of benzene rings is 2. The summed E-state index contributed by atoms with van der Waals surface area (Å²) in [7, 11) is 1.59. The van der Waals surface area contributed by atoms with Crippen LogP contribution in [0, 0.1) is 0 Å². The van der Waals surface area contributed by atoms with E-state index in [2.05, 4.69) is 9.97 Å². The lowest BCUT2D eigenvalue weighted by molar-refractivity contribution is -0.150. The Morgan fingerprint density at radius 2 is 1.89 bits per heavy atom. The molecule has 1 unspecified atom stereocenters. The Morgan fingerprint density at radius 3 is 2.71 bits per heavy atom. The molecule has 1 atom stereocenters. The first-order valence-corrected chi connectivity index (χ1v) is 8.92. The van der Waals surface area contributed by atoms with Crippen LogP contribution in [0.5, 0.6) is 0 Å². The maximum absolute atomic E-state index is 13.1. The van der Waals surface area contributed by atoms with E-state index in [1.807, 2.05) is 12.1 Å². The molecule has 28 heavy (non-hydrogen) atoms. The van der Waals surface area contributed by atoms with Crippen molar-refractivity contribution in [1.29, 1.82) is 0 Å². The second-order valence-electron chi connectivity index (χ2n) is 7.15. The Morgan fingerprint density at radius 1 is 1.18 bits per heavy atom. The van der Waals surface area contributed by atoms with Gasteiger partial charge in [0.1, 0.15) is 5.82 Å². The van der Waals surface area contributed by atoms with Gasteiger partial charge in [-0.05, 0) is 30.7 Å². The van der Waals surface area contributed by atoms with Gasteiger partial charge in [-0.1, -0.05) is 30.3 Å². The van der Waals surface area contributed by atoms with E-state index < -0.39 is 11.6 Å². The first-order valence-electron chi connectivity index (χ1n) is 8.92. The molecular formula is C21H19N3O4. The lowest BCUT2D eigenvalue weighted by Gasteiger charge is -2.35. The van der Waals surface area contributed by atoms with Gasteiger partial charge in [-0.15, -0.1) is 0 Å². The second kappa shape index (κ2) is 6.60. The van der Waals surface area contributed by atoms with E-state index in [1.54, 1.807) is 50.4 Å². The fourth-order valence-corrected chi connectivity index (χ4v) is 3.56. The molecule has 1 N–H and O–H groups in total. The standard InChI is InChI=1S/C21H19N3O4/c1-21(11-13-7-3-4-8-14(13)19(26)28-21)20(27)24(2)12-17-22-16-10-6-5-9-15(16)18(25)23-17/h3-10H,11-12H2,1-2H3,(H,22,23,25). The highest BCUT2D eigenvalue weighted by molar-refractivity contribution is 5.97. The minimum atomic E-state index is -1.31.